The summed E-state index contributed by atoms with van der Waals surface area (Å²) in [7, 11) is -3.23. The van der Waals surface area contributed by atoms with Crippen LogP contribution in [0.4, 0.5) is 5.69 Å². The summed E-state index contributed by atoms with van der Waals surface area (Å²) < 4.78 is 27.6. The number of benzene rings is 1. The largest absolute Gasteiger partial charge is 0.323 e. The van der Waals surface area contributed by atoms with Gasteiger partial charge in [-0.05, 0) is 54.8 Å². The van der Waals surface area contributed by atoms with Crippen molar-refractivity contribution >= 4 is 21.2 Å². The maximum atomic E-state index is 12.0. The van der Waals surface area contributed by atoms with E-state index in [9.17, 15) is 8.42 Å². The number of pyridine rings is 1. The third-order valence-electron chi connectivity index (χ3n) is 4.43. The average Bonchev–Trinajstić information content (AvgIpc) is 3.05. The fourth-order valence-electron chi connectivity index (χ4n) is 3.50. The van der Waals surface area contributed by atoms with Gasteiger partial charge in [0.1, 0.15) is 0 Å². The second kappa shape index (κ2) is 4.86. The first kappa shape index (κ1) is 14.3. The molecule has 1 atom stereocenters. The molecule has 118 valence electrons. The van der Waals surface area contributed by atoms with E-state index >= 15 is 0 Å². The van der Waals surface area contributed by atoms with E-state index in [2.05, 4.69) is 28.8 Å². The number of hydrogen-bond donors (Lipinski definition) is 0. The molecule has 0 spiro atoms. The zero-order valence-corrected chi connectivity index (χ0v) is 13.9. The smallest absolute Gasteiger partial charge is 0.232 e. The van der Waals surface area contributed by atoms with Crippen LogP contribution in [0.5, 0.6) is 0 Å². The van der Waals surface area contributed by atoms with Crippen LogP contribution in [-0.2, 0) is 16.4 Å². The predicted octanol–water partition coefficient (Wildman–Crippen LogP) is 3.32. The Morgan fingerprint density at radius 3 is 2.65 bits per heavy atom. The minimum atomic E-state index is -3.23. The Balaban J connectivity index is 1.81. The van der Waals surface area contributed by atoms with Gasteiger partial charge in [-0.25, -0.2) is 8.42 Å². The predicted molar refractivity (Wildman–Crippen MR) is 93.3 cm³/mol. The maximum Gasteiger partial charge on any atom is 0.232 e. The first-order chi connectivity index (χ1) is 10.9. The Kier molecular flexibility index (Phi) is 3.03. The standard InChI is InChI=1S/C18H18N2O2S/c1-13-9-15-10-14(6-7-18(15)20(13)23(2,21)22)16-11-17-5-3-4-8-19(17)12-16/h3-8,10-13H,9H2,1-2H3/t13-/m0/s1. The summed E-state index contributed by atoms with van der Waals surface area (Å²) in [5.74, 6) is 0. The molecule has 1 aromatic carbocycles. The van der Waals surface area contributed by atoms with Gasteiger partial charge in [-0.2, -0.15) is 0 Å². The minimum absolute atomic E-state index is 0.0247. The van der Waals surface area contributed by atoms with E-state index in [1.165, 1.54) is 10.6 Å². The minimum Gasteiger partial charge on any atom is -0.323 e. The number of hydrogen-bond acceptors (Lipinski definition) is 2. The number of rotatable bonds is 2. The van der Waals surface area contributed by atoms with Gasteiger partial charge in [-0.15, -0.1) is 0 Å². The summed E-state index contributed by atoms with van der Waals surface area (Å²) in [4.78, 5) is 0. The summed E-state index contributed by atoms with van der Waals surface area (Å²) in [6, 6.07) is 14.3. The van der Waals surface area contributed by atoms with E-state index in [0.717, 1.165) is 34.3 Å². The van der Waals surface area contributed by atoms with Crippen LogP contribution in [0.25, 0.3) is 16.6 Å². The average molecular weight is 326 g/mol. The Labute approximate surface area is 136 Å². The summed E-state index contributed by atoms with van der Waals surface area (Å²) >= 11 is 0. The van der Waals surface area contributed by atoms with Crippen molar-refractivity contribution in [2.45, 2.75) is 19.4 Å². The SMILES string of the molecule is C[C@H]1Cc2cc(-c3cc4ccccn4c3)ccc2N1S(C)(=O)=O. The molecule has 5 heteroatoms. The van der Waals surface area contributed by atoms with Gasteiger partial charge in [0, 0.05) is 29.5 Å². The second-order valence-electron chi connectivity index (χ2n) is 6.22. The van der Waals surface area contributed by atoms with Gasteiger partial charge in [0.25, 0.3) is 0 Å². The number of anilines is 1. The van der Waals surface area contributed by atoms with Crippen LogP contribution >= 0.6 is 0 Å². The van der Waals surface area contributed by atoms with E-state index in [0.29, 0.717) is 0 Å². The van der Waals surface area contributed by atoms with Crippen molar-refractivity contribution in [3.8, 4) is 11.1 Å². The molecule has 0 saturated heterocycles. The number of fused-ring (bicyclic) bond motifs is 2. The van der Waals surface area contributed by atoms with Crippen molar-refractivity contribution in [1.82, 2.24) is 4.40 Å². The molecule has 4 nitrogen and oxygen atoms in total. The van der Waals surface area contributed by atoms with E-state index in [1.807, 2.05) is 37.4 Å². The molecule has 3 heterocycles. The van der Waals surface area contributed by atoms with Gasteiger partial charge in [0.15, 0.2) is 0 Å². The fraction of sp³-hybridized carbons (Fsp3) is 0.222. The lowest BCUT2D eigenvalue weighted by Crippen LogP contribution is -2.34. The first-order valence-corrected chi connectivity index (χ1v) is 9.48. The zero-order chi connectivity index (χ0) is 16.2. The van der Waals surface area contributed by atoms with E-state index in [1.54, 1.807) is 0 Å². The molecule has 2 aromatic heterocycles. The van der Waals surface area contributed by atoms with E-state index in [-0.39, 0.29) is 6.04 Å². The van der Waals surface area contributed by atoms with Gasteiger partial charge in [0.05, 0.1) is 11.9 Å². The Hall–Kier alpha value is -2.27. The lowest BCUT2D eigenvalue weighted by Gasteiger charge is -2.21. The quantitative estimate of drug-likeness (QED) is 0.725. The highest BCUT2D eigenvalue weighted by Gasteiger charge is 2.32. The molecule has 0 radical (unpaired) electrons. The molecule has 0 saturated carbocycles. The van der Waals surface area contributed by atoms with Crippen LogP contribution in [0.3, 0.4) is 0 Å². The number of aromatic nitrogens is 1. The third kappa shape index (κ3) is 2.32. The van der Waals surface area contributed by atoms with Crippen molar-refractivity contribution in [2.24, 2.45) is 0 Å². The highest BCUT2D eigenvalue weighted by molar-refractivity contribution is 7.92. The van der Waals surface area contributed by atoms with Crippen LogP contribution in [0.2, 0.25) is 0 Å². The summed E-state index contributed by atoms with van der Waals surface area (Å²) in [6.07, 6.45) is 6.15. The highest BCUT2D eigenvalue weighted by atomic mass is 32.2. The molecular formula is C18H18N2O2S. The molecular weight excluding hydrogens is 308 g/mol. The molecule has 0 fully saturated rings. The summed E-state index contributed by atoms with van der Waals surface area (Å²) in [5, 5.41) is 0. The van der Waals surface area contributed by atoms with Gasteiger partial charge < -0.3 is 4.40 Å². The van der Waals surface area contributed by atoms with Crippen molar-refractivity contribution in [3.63, 3.8) is 0 Å². The number of nitrogens with zero attached hydrogens (tertiary/aromatic N) is 2. The Bertz CT molecular complexity index is 972. The normalized spacial score (nSPS) is 17.7. The fourth-order valence-corrected chi connectivity index (χ4v) is 4.76. The van der Waals surface area contributed by atoms with Gasteiger partial charge in [-0.1, -0.05) is 12.1 Å². The van der Waals surface area contributed by atoms with E-state index in [4.69, 9.17) is 0 Å². The topological polar surface area (TPSA) is 41.8 Å². The molecule has 1 aliphatic rings. The molecule has 23 heavy (non-hydrogen) atoms. The molecule has 3 aromatic rings. The molecule has 4 rings (SSSR count). The summed E-state index contributed by atoms with van der Waals surface area (Å²) in [6.45, 7) is 1.95. The Morgan fingerprint density at radius 1 is 1.09 bits per heavy atom. The lowest BCUT2D eigenvalue weighted by atomic mass is 10.0. The molecule has 1 aliphatic heterocycles. The number of sulfonamides is 1. The summed E-state index contributed by atoms with van der Waals surface area (Å²) in [5.41, 5.74) is 5.32. The van der Waals surface area contributed by atoms with Gasteiger partial charge in [0.2, 0.25) is 10.0 Å². The van der Waals surface area contributed by atoms with E-state index < -0.39 is 10.0 Å². The zero-order valence-electron chi connectivity index (χ0n) is 13.1. The van der Waals surface area contributed by atoms with Crippen molar-refractivity contribution in [3.05, 3.63) is 60.4 Å². The van der Waals surface area contributed by atoms with Crippen LogP contribution in [-0.4, -0.2) is 25.1 Å². The molecule has 0 unspecified atom stereocenters. The molecule has 0 bridgehead atoms. The van der Waals surface area contributed by atoms with Crippen molar-refractivity contribution < 1.29 is 8.42 Å². The van der Waals surface area contributed by atoms with Crippen LogP contribution in [0.1, 0.15) is 12.5 Å². The third-order valence-corrected chi connectivity index (χ3v) is 5.70. The first-order valence-electron chi connectivity index (χ1n) is 7.63. The van der Waals surface area contributed by atoms with Crippen molar-refractivity contribution in [1.29, 1.82) is 0 Å². The highest BCUT2D eigenvalue weighted by Crippen LogP contribution is 2.37. The van der Waals surface area contributed by atoms with Crippen LogP contribution in [0, 0.1) is 0 Å². The van der Waals surface area contributed by atoms with Crippen molar-refractivity contribution in [2.75, 3.05) is 10.6 Å². The maximum absolute atomic E-state index is 12.0. The Morgan fingerprint density at radius 2 is 1.91 bits per heavy atom. The van der Waals surface area contributed by atoms with Gasteiger partial charge >= 0.3 is 0 Å². The van der Waals surface area contributed by atoms with Crippen LogP contribution < -0.4 is 4.31 Å². The molecule has 0 aliphatic carbocycles. The second-order valence-corrected chi connectivity index (χ2v) is 8.08. The lowest BCUT2D eigenvalue weighted by molar-refractivity contribution is 0.590. The van der Waals surface area contributed by atoms with Gasteiger partial charge in [-0.3, -0.25) is 4.31 Å². The van der Waals surface area contributed by atoms with Crippen LogP contribution in [0.15, 0.2) is 54.9 Å². The monoisotopic (exact) mass is 326 g/mol. The molecule has 0 amide bonds. The molecule has 0 N–H and O–H groups in total.